The lowest BCUT2D eigenvalue weighted by Gasteiger charge is -2.11. The molecule has 0 bridgehead atoms. The topological polar surface area (TPSA) is 39.6 Å². The van der Waals surface area contributed by atoms with Gasteiger partial charge in [0.15, 0.2) is 0 Å². The van der Waals surface area contributed by atoms with Crippen LogP contribution in [0.15, 0.2) is 66.7 Å². The minimum absolute atomic E-state index is 0.494. The van der Waals surface area contributed by atoms with Crippen molar-refractivity contribution in [3.63, 3.8) is 0 Å². The molecule has 0 radical (unpaired) electrons. The second-order valence-electron chi connectivity index (χ2n) is 5.04. The SMILES string of the molecule is N#Cc1cc(-c2ccccc2)c(Cc2ccccc2)[nH]c1=S. The number of rotatable bonds is 3. The summed E-state index contributed by atoms with van der Waals surface area (Å²) in [6.45, 7) is 0. The van der Waals surface area contributed by atoms with E-state index in [2.05, 4.69) is 23.2 Å². The number of hydrogen-bond acceptors (Lipinski definition) is 2. The van der Waals surface area contributed by atoms with Gasteiger partial charge in [-0.25, -0.2) is 0 Å². The molecule has 0 aliphatic heterocycles. The summed E-state index contributed by atoms with van der Waals surface area (Å²) < 4.78 is 0.494. The summed E-state index contributed by atoms with van der Waals surface area (Å²) in [6.07, 6.45) is 0.750. The Balaban J connectivity index is 2.14. The fourth-order valence-corrected chi connectivity index (χ4v) is 2.69. The van der Waals surface area contributed by atoms with Crippen LogP contribution in [0, 0.1) is 16.0 Å². The first-order valence-electron chi connectivity index (χ1n) is 7.03. The van der Waals surface area contributed by atoms with Crippen LogP contribution in [0.4, 0.5) is 0 Å². The van der Waals surface area contributed by atoms with Gasteiger partial charge in [-0.2, -0.15) is 5.26 Å². The van der Waals surface area contributed by atoms with Gasteiger partial charge >= 0.3 is 0 Å². The normalized spacial score (nSPS) is 10.1. The first kappa shape index (κ1) is 14.2. The number of aromatic nitrogens is 1. The molecule has 106 valence electrons. The zero-order valence-corrected chi connectivity index (χ0v) is 12.7. The van der Waals surface area contributed by atoms with Crippen LogP contribution in [0.3, 0.4) is 0 Å². The molecular formula is C19H14N2S. The number of aromatic amines is 1. The molecule has 3 heteroatoms. The van der Waals surface area contributed by atoms with E-state index in [4.69, 9.17) is 12.2 Å². The highest BCUT2D eigenvalue weighted by Gasteiger charge is 2.09. The molecule has 0 saturated heterocycles. The molecule has 0 fully saturated rings. The molecule has 1 aromatic heterocycles. The molecule has 0 aliphatic rings. The van der Waals surface area contributed by atoms with Gasteiger partial charge in [0.2, 0.25) is 0 Å². The van der Waals surface area contributed by atoms with Gasteiger partial charge in [0, 0.05) is 17.7 Å². The minimum atomic E-state index is 0.494. The van der Waals surface area contributed by atoms with Crippen LogP contribution in [0.5, 0.6) is 0 Å². The predicted octanol–water partition coefficient (Wildman–Crippen LogP) is 4.87. The first-order chi connectivity index (χ1) is 10.8. The average Bonchev–Trinajstić information content (AvgIpc) is 2.57. The van der Waals surface area contributed by atoms with E-state index in [9.17, 15) is 5.26 Å². The second-order valence-corrected chi connectivity index (χ2v) is 5.45. The fourth-order valence-electron chi connectivity index (χ4n) is 2.47. The maximum absolute atomic E-state index is 9.23. The highest BCUT2D eigenvalue weighted by atomic mass is 32.1. The van der Waals surface area contributed by atoms with Crippen molar-refractivity contribution < 1.29 is 0 Å². The van der Waals surface area contributed by atoms with E-state index in [-0.39, 0.29) is 0 Å². The quantitative estimate of drug-likeness (QED) is 0.701. The van der Waals surface area contributed by atoms with Crippen LogP contribution in [-0.2, 0) is 6.42 Å². The second kappa shape index (κ2) is 6.38. The van der Waals surface area contributed by atoms with Gasteiger partial charge in [-0.3, -0.25) is 0 Å². The molecule has 0 aliphatic carbocycles. The van der Waals surface area contributed by atoms with Crippen LogP contribution in [-0.4, -0.2) is 4.98 Å². The largest absolute Gasteiger partial charge is 0.348 e. The summed E-state index contributed by atoms with van der Waals surface area (Å²) in [7, 11) is 0. The lowest BCUT2D eigenvalue weighted by Crippen LogP contribution is -1.98. The monoisotopic (exact) mass is 302 g/mol. The lowest BCUT2D eigenvalue weighted by molar-refractivity contribution is 1.06. The Morgan fingerprint density at radius 2 is 1.59 bits per heavy atom. The zero-order chi connectivity index (χ0) is 15.4. The number of nitrogens with zero attached hydrogens (tertiary/aromatic N) is 1. The van der Waals surface area contributed by atoms with E-state index >= 15 is 0 Å². The van der Waals surface area contributed by atoms with Gasteiger partial charge in [-0.15, -0.1) is 0 Å². The summed E-state index contributed by atoms with van der Waals surface area (Å²) in [5.74, 6) is 0. The number of benzene rings is 2. The van der Waals surface area contributed by atoms with Crippen molar-refractivity contribution in [2.75, 3.05) is 0 Å². The van der Waals surface area contributed by atoms with Gasteiger partial charge in [0.25, 0.3) is 0 Å². The maximum atomic E-state index is 9.23. The highest BCUT2D eigenvalue weighted by molar-refractivity contribution is 7.71. The van der Waals surface area contributed by atoms with E-state index in [1.807, 2.05) is 54.6 Å². The highest BCUT2D eigenvalue weighted by Crippen LogP contribution is 2.25. The Hall–Kier alpha value is -2.70. The molecule has 0 saturated carbocycles. The van der Waals surface area contributed by atoms with Crippen molar-refractivity contribution in [2.45, 2.75) is 6.42 Å². The van der Waals surface area contributed by atoms with Gasteiger partial charge in [-0.1, -0.05) is 72.9 Å². The standard InChI is InChI=1S/C19H14N2S/c20-13-16-12-17(15-9-5-2-6-10-15)18(21-19(16)22)11-14-7-3-1-4-8-14/h1-10,12H,11H2,(H,21,22). The van der Waals surface area contributed by atoms with Gasteiger partial charge < -0.3 is 4.98 Å². The molecule has 2 aromatic carbocycles. The maximum Gasteiger partial charge on any atom is 0.121 e. The number of nitrogens with one attached hydrogen (secondary N) is 1. The Morgan fingerprint density at radius 1 is 0.955 bits per heavy atom. The molecule has 3 rings (SSSR count). The molecule has 1 N–H and O–H groups in total. The molecule has 3 aromatic rings. The molecule has 0 spiro atoms. The lowest BCUT2D eigenvalue weighted by atomic mass is 9.98. The summed E-state index contributed by atoms with van der Waals surface area (Å²) in [5.41, 5.74) is 4.84. The van der Waals surface area contributed by atoms with Crippen LogP contribution in [0.2, 0.25) is 0 Å². The van der Waals surface area contributed by atoms with E-state index in [0.29, 0.717) is 10.2 Å². The van der Waals surface area contributed by atoms with Crippen molar-refractivity contribution >= 4 is 12.2 Å². The molecule has 22 heavy (non-hydrogen) atoms. The third-order valence-electron chi connectivity index (χ3n) is 3.55. The number of hydrogen-bond donors (Lipinski definition) is 1. The van der Waals surface area contributed by atoms with Crippen molar-refractivity contribution in [3.8, 4) is 17.2 Å². The number of nitriles is 1. The van der Waals surface area contributed by atoms with Gasteiger partial charge in [-0.05, 0) is 17.2 Å². The van der Waals surface area contributed by atoms with E-state index in [1.165, 1.54) is 5.56 Å². The predicted molar refractivity (Wildman–Crippen MR) is 91.0 cm³/mol. The van der Waals surface area contributed by atoms with Crippen molar-refractivity contribution in [3.05, 3.63) is 88.2 Å². The van der Waals surface area contributed by atoms with Crippen molar-refractivity contribution in [2.24, 2.45) is 0 Å². The average molecular weight is 302 g/mol. The molecule has 0 unspecified atom stereocenters. The Bertz CT molecular complexity index is 875. The molecular weight excluding hydrogens is 288 g/mol. The molecule has 2 nitrogen and oxygen atoms in total. The Morgan fingerprint density at radius 3 is 2.23 bits per heavy atom. The fraction of sp³-hybridized carbons (Fsp3) is 0.0526. The molecule has 0 atom stereocenters. The smallest absolute Gasteiger partial charge is 0.121 e. The third-order valence-corrected chi connectivity index (χ3v) is 3.87. The number of H-pyrrole nitrogens is 1. The Kier molecular flexibility index (Phi) is 4.13. The van der Waals surface area contributed by atoms with Crippen LogP contribution < -0.4 is 0 Å². The van der Waals surface area contributed by atoms with Crippen LogP contribution >= 0.6 is 12.2 Å². The van der Waals surface area contributed by atoms with Crippen molar-refractivity contribution in [1.29, 1.82) is 5.26 Å². The van der Waals surface area contributed by atoms with Crippen molar-refractivity contribution in [1.82, 2.24) is 4.98 Å². The van der Waals surface area contributed by atoms with Crippen LogP contribution in [0.25, 0.3) is 11.1 Å². The summed E-state index contributed by atoms with van der Waals surface area (Å²) in [5, 5.41) is 9.23. The summed E-state index contributed by atoms with van der Waals surface area (Å²) in [6, 6.07) is 24.3. The summed E-state index contributed by atoms with van der Waals surface area (Å²) >= 11 is 5.29. The number of pyridine rings is 1. The van der Waals surface area contributed by atoms with E-state index < -0.39 is 0 Å². The van der Waals surface area contributed by atoms with Gasteiger partial charge in [0.1, 0.15) is 10.7 Å². The molecule has 1 heterocycles. The van der Waals surface area contributed by atoms with E-state index in [0.717, 1.165) is 23.2 Å². The Labute approximate surface area is 134 Å². The minimum Gasteiger partial charge on any atom is -0.348 e. The third kappa shape index (κ3) is 2.98. The van der Waals surface area contributed by atoms with Gasteiger partial charge in [0.05, 0.1) is 5.56 Å². The summed E-state index contributed by atoms with van der Waals surface area (Å²) in [4.78, 5) is 3.23. The van der Waals surface area contributed by atoms with Crippen LogP contribution in [0.1, 0.15) is 16.8 Å². The first-order valence-corrected chi connectivity index (χ1v) is 7.44. The zero-order valence-electron chi connectivity index (χ0n) is 11.9. The molecule has 0 amide bonds. The van der Waals surface area contributed by atoms with E-state index in [1.54, 1.807) is 0 Å².